The molecule has 0 amide bonds. The molecule has 7 heteroatoms. The molecule has 1 aromatic rings. The van der Waals surface area contributed by atoms with Gasteiger partial charge in [-0.3, -0.25) is 4.90 Å². The predicted octanol–water partition coefficient (Wildman–Crippen LogP) is 2.56. The lowest BCUT2D eigenvalue weighted by atomic mass is 10.3. The Morgan fingerprint density at radius 2 is 1.36 bits per heavy atom. The third-order valence-electron chi connectivity index (χ3n) is 4.28. The number of aromatic nitrogens is 1. The molecule has 4 nitrogen and oxygen atoms in total. The number of nitrogens with zero attached hydrogens (tertiary/aromatic N) is 4. The van der Waals surface area contributed by atoms with Crippen LogP contribution in [0.4, 0.5) is 5.82 Å². The molecule has 2 aliphatic rings. The fourth-order valence-electron chi connectivity index (χ4n) is 3.03. The molecule has 2 saturated heterocycles. The Hall–Kier alpha value is -0.260. The van der Waals surface area contributed by atoms with E-state index < -0.39 is 0 Å². The van der Waals surface area contributed by atoms with E-state index in [1.807, 2.05) is 12.3 Å². The van der Waals surface area contributed by atoms with Gasteiger partial charge in [-0.25, -0.2) is 4.98 Å². The number of rotatable bonds is 4. The molecule has 2 fully saturated rings. The number of hydrogen-bond acceptors (Lipinski definition) is 4. The highest BCUT2D eigenvalue weighted by molar-refractivity contribution is 5.86. The monoisotopic (exact) mass is 368 g/mol. The summed E-state index contributed by atoms with van der Waals surface area (Å²) in [7, 11) is 0. The van der Waals surface area contributed by atoms with Crippen molar-refractivity contribution in [2.45, 2.75) is 12.8 Å². The lowest BCUT2D eigenvalue weighted by Gasteiger charge is -2.36. The summed E-state index contributed by atoms with van der Waals surface area (Å²) in [5, 5.41) is 0. The van der Waals surface area contributed by atoms with Gasteiger partial charge in [0.25, 0.3) is 0 Å². The lowest BCUT2D eigenvalue weighted by molar-refractivity contribution is 0.215. The number of piperazine rings is 1. The smallest absolute Gasteiger partial charge is 0.128 e. The van der Waals surface area contributed by atoms with Crippen molar-refractivity contribution in [1.82, 2.24) is 14.8 Å². The van der Waals surface area contributed by atoms with Gasteiger partial charge in [0.15, 0.2) is 0 Å². The molecule has 0 atom stereocenters. The Kier molecular flexibility index (Phi) is 11.2. The number of anilines is 1. The first kappa shape index (κ1) is 21.7. The van der Waals surface area contributed by atoms with Gasteiger partial charge in [-0.1, -0.05) is 6.07 Å². The third-order valence-corrected chi connectivity index (χ3v) is 4.28. The standard InChI is InChI=1S/C15H24N4.3ClH/c1-2-6-16-15(5-1)19-13-11-18(12-14-19)10-9-17-7-3-4-8-17;;;/h1-2,5-6H,3-4,7-14H2;3*1H. The molecule has 0 saturated carbocycles. The van der Waals surface area contributed by atoms with Crippen LogP contribution in [0.3, 0.4) is 0 Å². The minimum Gasteiger partial charge on any atom is -0.354 e. The summed E-state index contributed by atoms with van der Waals surface area (Å²) < 4.78 is 0. The second-order valence-corrected chi connectivity index (χ2v) is 5.57. The molecule has 128 valence electrons. The fourth-order valence-corrected chi connectivity index (χ4v) is 3.03. The summed E-state index contributed by atoms with van der Waals surface area (Å²) in [6.45, 7) is 9.67. The molecule has 3 rings (SSSR count). The van der Waals surface area contributed by atoms with Crippen LogP contribution in [0.5, 0.6) is 0 Å². The Morgan fingerprint density at radius 3 is 1.91 bits per heavy atom. The van der Waals surface area contributed by atoms with Gasteiger partial charge in [-0.05, 0) is 38.1 Å². The molecular formula is C15H27Cl3N4. The topological polar surface area (TPSA) is 22.6 Å². The predicted molar refractivity (Wildman–Crippen MR) is 100 cm³/mol. The first-order valence-electron chi connectivity index (χ1n) is 7.52. The Balaban J connectivity index is 0.00000147. The van der Waals surface area contributed by atoms with E-state index in [0.29, 0.717) is 0 Å². The van der Waals surface area contributed by atoms with Crippen molar-refractivity contribution in [2.24, 2.45) is 0 Å². The van der Waals surface area contributed by atoms with E-state index in [4.69, 9.17) is 0 Å². The van der Waals surface area contributed by atoms with E-state index in [9.17, 15) is 0 Å². The van der Waals surface area contributed by atoms with Crippen LogP contribution in [0.25, 0.3) is 0 Å². The minimum absolute atomic E-state index is 0. The summed E-state index contributed by atoms with van der Waals surface area (Å²) >= 11 is 0. The highest BCUT2D eigenvalue weighted by Crippen LogP contribution is 2.13. The van der Waals surface area contributed by atoms with E-state index in [1.165, 1.54) is 52.1 Å². The van der Waals surface area contributed by atoms with Gasteiger partial charge in [0.05, 0.1) is 0 Å². The maximum atomic E-state index is 4.44. The molecule has 0 bridgehead atoms. The molecule has 3 heterocycles. The maximum Gasteiger partial charge on any atom is 0.128 e. The zero-order chi connectivity index (χ0) is 12.9. The maximum absolute atomic E-state index is 4.44. The molecule has 0 N–H and O–H groups in total. The second-order valence-electron chi connectivity index (χ2n) is 5.57. The first-order chi connectivity index (χ1) is 9.42. The van der Waals surface area contributed by atoms with Gasteiger partial charge >= 0.3 is 0 Å². The number of halogens is 3. The quantitative estimate of drug-likeness (QED) is 0.813. The minimum atomic E-state index is 0. The SMILES string of the molecule is Cl.Cl.Cl.c1ccc(N2CCN(CCN3CCCC3)CC2)nc1. The summed E-state index contributed by atoms with van der Waals surface area (Å²) in [5.41, 5.74) is 0. The summed E-state index contributed by atoms with van der Waals surface area (Å²) in [6.07, 6.45) is 4.68. The molecule has 0 aromatic carbocycles. The number of hydrogen-bond donors (Lipinski definition) is 0. The zero-order valence-electron chi connectivity index (χ0n) is 12.9. The van der Waals surface area contributed by atoms with Gasteiger partial charge in [0.1, 0.15) is 5.82 Å². The van der Waals surface area contributed by atoms with E-state index in [0.717, 1.165) is 18.9 Å². The number of likely N-dealkylation sites (tertiary alicyclic amines) is 1. The van der Waals surface area contributed by atoms with E-state index in [-0.39, 0.29) is 37.2 Å². The average molecular weight is 370 g/mol. The summed E-state index contributed by atoms with van der Waals surface area (Å²) in [5.74, 6) is 1.13. The second kappa shape index (κ2) is 11.3. The highest BCUT2D eigenvalue weighted by atomic mass is 35.5. The molecule has 0 unspecified atom stereocenters. The Bertz CT molecular complexity index is 380. The van der Waals surface area contributed by atoms with Crippen LogP contribution >= 0.6 is 37.2 Å². The summed E-state index contributed by atoms with van der Waals surface area (Å²) in [4.78, 5) is 12.0. The van der Waals surface area contributed by atoms with E-state index in [2.05, 4.69) is 31.8 Å². The molecule has 22 heavy (non-hydrogen) atoms. The average Bonchev–Trinajstić information content (AvgIpc) is 3.00. The van der Waals surface area contributed by atoms with Crippen LogP contribution in [0.15, 0.2) is 24.4 Å². The van der Waals surface area contributed by atoms with Crippen molar-refractivity contribution < 1.29 is 0 Å². The van der Waals surface area contributed by atoms with Crippen LogP contribution in [0, 0.1) is 0 Å². The molecule has 0 spiro atoms. The van der Waals surface area contributed by atoms with Crippen molar-refractivity contribution in [3.8, 4) is 0 Å². The van der Waals surface area contributed by atoms with Crippen molar-refractivity contribution in [1.29, 1.82) is 0 Å². The largest absolute Gasteiger partial charge is 0.354 e. The van der Waals surface area contributed by atoms with Crippen LogP contribution in [0.2, 0.25) is 0 Å². The molecular weight excluding hydrogens is 343 g/mol. The zero-order valence-corrected chi connectivity index (χ0v) is 15.3. The van der Waals surface area contributed by atoms with Gasteiger partial charge < -0.3 is 9.80 Å². The van der Waals surface area contributed by atoms with Crippen LogP contribution in [-0.4, -0.2) is 67.1 Å². The van der Waals surface area contributed by atoms with Gasteiger partial charge in [-0.15, -0.1) is 37.2 Å². The molecule has 0 radical (unpaired) electrons. The van der Waals surface area contributed by atoms with Crippen LogP contribution in [-0.2, 0) is 0 Å². The van der Waals surface area contributed by atoms with Crippen molar-refractivity contribution in [2.75, 3.05) is 57.3 Å². The van der Waals surface area contributed by atoms with Gasteiger partial charge in [0, 0.05) is 45.5 Å². The van der Waals surface area contributed by atoms with Crippen LogP contribution < -0.4 is 4.90 Å². The normalized spacial score (nSPS) is 19.0. The first-order valence-corrected chi connectivity index (χ1v) is 7.52. The molecule has 1 aromatic heterocycles. The van der Waals surface area contributed by atoms with Gasteiger partial charge in [-0.2, -0.15) is 0 Å². The van der Waals surface area contributed by atoms with E-state index in [1.54, 1.807) is 0 Å². The highest BCUT2D eigenvalue weighted by Gasteiger charge is 2.19. The van der Waals surface area contributed by atoms with Gasteiger partial charge in [0.2, 0.25) is 0 Å². The summed E-state index contributed by atoms with van der Waals surface area (Å²) in [6, 6.07) is 6.16. The molecule has 2 aliphatic heterocycles. The van der Waals surface area contributed by atoms with E-state index >= 15 is 0 Å². The Morgan fingerprint density at radius 1 is 0.773 bits per heavy atom. The fraction of sp³-hybridized carbons (Fsp3) is 0.667. The lowest BCUT2D eigenvalue weighted by Crippen LogP contribution is -2.48. The molecule has 0 aliphatic carbocycles. The van der Waals surface area contributed by atoms with Crippen molar-refractivity contribution in [3.63, 3.8) is 0 Å². The van der Waals surface area contributed by atoms with Crippen molar-refractivity contribution in [3.05, 3.63) is 24.4 Å². The Labute approximate surface area is 152 Å². The van der Waals surface area contributed by atoms with Crippen LogP contribution in [0.1, 0.15) is 12.8 Å². The van der Waals surface area contributed by atoms with Crippen molar-refractivity contribution >= 4 is 43.0 Å². The number of pyridine rings is 1. The third kappa shape index (κ3) is 6.09.